The van der Waals surface area contributed by atoms with E-state index in [1.807, 2.05) is 39.5 Å². The van der Waals surface area contributed by atoms with Crippen LogP contribution in [-0.4, -0.2) is 60.8 Å². The van der Waals surface area contributed by atoms with E-state index in [9.17, 15) is 4.79 Å². The van der Waals surface area contributed by atoms with Crippen LogP contribution in [0.1, 0.15) is 47.5 Å². The fourth-order valence-electron chi connectivity index (χ4n) is 2.72. The van der Waals surface area contributed by atoms with Crippen molar-refractivity contribution in [2.24, 2.45) is 0 Å². The molecule has 0 aromatic carbocycles. The van der Waals surface area contributed by atoms with Crippen LogP contribution >= 0.6 is 0 Å². The lowest BCUT2D eigenvalue weighted by molar-refractivity contribution is -0.253. The van der Waals surface area contributed by atoms with Crippen LogP contribution in [0.2, 0.25) is 0 Å². The van der Waals surface area contributed by atoms with Gasteiger partial charge in [0.1, 0.15) is 5.60 Å². The molecule has 0 aromatic rings. The maximum Gasteiger partial charge on any atom is 0.410 e. The molecular formula is C16H30N2O4. The monoisotopic (exact) mass is 314 g/mol. The van der Waals surface area contributed by atoms with Gasteiger partial charge in [-0.3, -0.25) is 0 Å². The van der Waals surface area contributed by atoms with Crippen LogP contribution in [0.15, 0.2) is 0 Å². The molecule has 6 nitrogen and oxygen atoms in total. The number of carbonyl (C=O) groups excluding carboxylic acids is 1. The van der Waals surface area contributed by atoms with Crippen molar-refractivity contribution in [2.75, 3.05) is 26.3 Å². The third-order valence-electron chi connectivity index (χ3n) is 3.91. The zero-order valence-corrected chi connectivity index (χ0v) is 14.5. The van der Waals surface area contributed by atoms with Crippen LogP contribution in [0, 0.1) is 0 Å². The van der Waals surface area contributed by atoms with Crippen molar-refractivity contribution < 1.29 is 19.0 Å². The molecule has 2 aliphatic heterocycles. The zero-order valence-electron chi connectivity index (χ0n) is 14.5. The largest absolute Gasteiger partial charge is 0.444 e. The van der Waals surface area contributed by atoms with Crippen LogP contribution in [-0.2, 0) is 14.2 Å². The molecule has 128 valence electrons. The summed E-state index contributed by atoms with van der Waals surface area (Å²) in [6, 6.07) is 0.360. The molecule has 1 atom stereocenters. The Morgan fingerprint density at radius 2 is 1.95 bits per heavy atom. The fraction of sp³-hybridized carbons (Fsp3) is 0.938. The standard InChI is InChI=1S/C16H30N2O4/c1-15(2,3)22-14(19)18-8-6-7-13(18)9-17-12-10-20-16(4,5)21-11-12/h12-13,17H,6-11H2,1-5H3. The number of hydrogen-bond acceptors (Lipinski definition) is 5. The number of rotatable bonds is 3. The van der Waals surface area contributed by atoms with Gasteiger partial charge in [0.15, 0.2) is 5.79 Å². The predicted octanol–water partition coefficient (Wildman–Crippen LogP) is 2.13. The predicted molar refractivity (Wildman–Crippen MR) is 83.7 cm³/mol. The van der Waals surface area contributed by atoms with Crippen molar-refractivity contribution in [3.05, 3.63) is 0 Å². The summed E-state index contributed by atoms with van der Waals surface area (Å²) >= 11 is 0. The summed E-state index contributed by atoms with van der Waals surface area (Å²) in [6.45, 7) is 12.3. The molecule has 0 spiro atoms. The Bertz CT molecular complexity index is 382. The summed E-state index contributed by atoms with van der Waals surface area (Å²) in [5.74, 6) is -0.492. The van der Waals surface area contributed by atoms with Gasteiger partial charge >= 0.3 is 6.09 Å². The van der Waals surface area contributed by atoms with Gasteiger partial charge in [0.25, 0.3) is 0 Å². The number of ether oxygens (including phenoxy) is 3. The molecule has 22 heavy (non-hydrogen) atoms. The second-order valence-electron chi connectivity index (χ2n) is 7.60. The van der Waals surface area contributed by atoms with Gasteiger partial charge in [0.2, 0.25) is 0 Å². The van der Waals surface area contributed by atoms with Crippen LogP contribution in [0.3, 0.4) is 0 Å². The Kier molecular flexibility index (Phi) is 5.35. The number of hydrogen-bond donors (Lipinski definition) is 1. The van der Waals surface area contributed by atoms with Gasteiger partial charge in [-0.05, 0) is 47.5 Å². The quantitative estimate of drug-likeness (QED) is 0.865. The number of likely N-dealkylation sites (tertiary alicyclic amines) is 1. The van der Waals surface area contributed by atoms with E-state index in [-0.39, 0.29) is 18.2 Å². The number of nitrogens with one attached hydrogen (secondary N) is 1. The molecule has 2 fully saturated rings. The zero-order chi connectivity index (χ0) is 16.4. The molecule has 0 aromatic heterocycles. The van der Waals surface area contributed by atoms with E-state index in [0.717, 1.165) is 25.9 Å². The topological polar surface area (TPSA) is 60.0 Å². The van der Waals surface area contributed by atoms with E-state index in [2.05, 4.69) is 5.32 Å². The Balaban J connectivity index is 1.78. The van der Waals surface area contributed by atoms with Gasteiger partial charge in [0.05, 0.1) is 19.3 Å². The van der Waals surface area contributed by atoms with E-state index in [4.69, 9.17) is 14.2 Å². The molecule has 1 N–H and O–H groups in total. The lowest BCUT2D eigenvalue weighted by Crippen LogP contribution is -2.52. The highest BCUT2D eigenvalue weighted by Gasteiger charge is 2.33. The molecule has 1 amide bonds. The molecule has 2 heterocycles. The normalized spacial score (nSPS) is 26.2. The molecule has 0 bridgehead atoms. The lowest BCUT2D eigenvalue weighted by Gasteiger charge is -2.36. The van der Waals surface area contributed by atoms with Crippen molar-refractivity contribution in [3.8, 4) is 0 Å². The van der Waals surface area contributed by atoms with Crippen molar-refractivity contribution in [1.29, 1.82) is 0 Å². The summed E-state index contributed by atoms with van der Waals surface area (Å²) in [4.78, 5) is 14.1. The highest BCUT2D eigenvalue weighted by atomic mass is 16.7. The molecule has 0 radical (unpaired) electrons. The summed E-state index contributed by atoms with van der Waals surface area (Å²) < 4.78 is 16.8. The summed E-state index contributed by atoms with van der Waals surface area (Å²) in [6.07, 6.45) is 1.82. The number of nitrogens with zero attached hydrogens (tertiary/aromatic N) is 1. The average molecular weight is 314 g/mol. The lowest BCUT2D eigenvalue weighted by atomic mass is 10.2. The van der Waals surface area contributed by atoms with Crippen molar-refractivity contribution in [1.82, 2.24) is 10.2 Å². The Morgan fingerprint density at radius 1 is 1.32 bits per heavy atom. The smallest absolute Gasteiger partial charge is 0.410 e. The first-order valence-corrected chi connectivity index (χ1v) is 8.17. The first-order chi connectivity index (χ1) is 10.2. The van der Waals surface area contributed by atoms with Crippen molar-refractivity contribution in [3.63, 3.8) is 0 Å². The Morgan fingerprint density at radius 3 is 2.55 bits per heavy atom. The molecular weight excluding hydrogens is 284 g/mol. The number of carbonyl (C=O) groups is 1. The van der Waals surface area contributed by atoms with Gasteiger partial charge in [-0.2, -0.15) is 0 Å². The van der Waals surface area contributed by atoms with Crippen LogP contribution in [0.25, 0.3) is 0 Å². The maximum absolute atomic E-state index is 12.2. The van der Waals surface area contributed by atoms with Gasteiger partial charge in [-0.25, -0.2) is 4.79 Å². The van der Waals surface area contributed by atoms with E-state index in [1.165, 1.54) is 0 Å². The highest BCUT2D eigenvalue weighted by Crippen LogP contribution is 2.21. The molecule has 0 aliphatic carbocycles. The third kappa shape index (κ3) is 5.11. The minimum atomic E-state index is -0.492. The second-order valence-corrected chi connectivity index (χ2v) is 7.60. The first kappa shape index (κ1) is 17.5. The van der Waals surface area contributed by atoms with Crippen LogP contribution in [0.4, 0.5) is 4.79 Å². The Labute approximate surface area is 133 Å². The summed E-state index contributed by atoms with van der Waals surface area (Å²) in [7, 11) is 0. The number of amides is 1. The fourth-order valence-corrected chi connectivity index (χ4v) is 2.72. The highest BCUT2D eigenvalue weighted by molar-refractivity contribution is 5.69. The summed E-state index contributed by atoms with van der Waals surface area (Å²) in [5, 5.41) is 3.45. The van der Waals surface area contributed by atoms with E-state index < -0.39 is 11.4 Å². The van der Waals surface area contributed by atoms with Crippen LogP contribution in [0.5, 0.6) is 0 Å². The van der Waals surface area contributed by atoms with E-state index in [0.29, 0.717) is 13.2 Å². The van der Waals surface area contributed by atoms with E-state index in [1.54, 1.807) is 0 Å². The minimum Gasteiger partial charge on any atom is -0.444 e. The molecule has 0 saturated carbocycles. The molecule has 1 unspecified atom stereocenters. The second kappa shape index (κ2) is 6.72. The molecule has 2 aliphatic rings. The van der Waals surface area contributed by atoms with Gasteiger partial charge < -0.3 is 24.4 Å². The van der Waals surface area contributed by atoms with Crippen molar-refractivity contribution in [2.45, 2.75) is 70.9 Å². The summed E-state index contributed by atoms with van der Waals surface area (Å²) in [5.41, 5.74) is -0.450. The Hall–Kier alpha value is -0.850. The first-order valence-electron chi connectivity index (χ1n) is 8.17. The SMILES string of the molecule is CC(C)(C)OC(=O)N1CCCC1CNC1COC(C)(C)OC1. The average Bonchev–Trinajstić information content (AvgIpc) is 2.84. The van der Waals surface area contributed by atoms with Gasteiger partial charge in [0, 0.05) is 19.1 Å². The van der Waals surface area contributed by atoms with Gasteiger partial charge in [-0.15, -0.1) is 0 Å². The molecule has 2 saturated heterocycles. The molecule has 6 heteroatoms. The minimum absolute atomic E-state index is 0.175. The van der Waals surface area contributed by atoms with Gasteiger partial charge in [-0.1, -0.05) is 0 Å². The maximum atomic E-state index is 12.2. The van der Waals surface area contributed by atoms with Crippen molar-refractivity contribution >= 4 is 6.09 Å². The van der Waals surface area contributed by atoms with Crippen LogP contribution < -0.4 is 5.32 Å². The molecule has 2 rings (SSSR count). The van der Waals surface area contributed by atoms with E-state index >= 15 is 0 Å². The third-order valence-corrected chi connectivity index (χ3v) is 3.91.